The third kappa shape index (κ3) is 4.37. The molecule has 28 heavy (non-hydrogen) atoms. The molecule has 1 saturated heterocycles. The van der Waals surface area contributed by atoms with Crippen LogP contribution >= 0.6 is 0 Å². The van der Waals surface area contributed by atoms with Gasteiger partial charge in [0.15, 0.2) is 0 Å². The Bertz CT molecular complexity index is 887. The molecule has 2 aromatic carbocycles. The van der Waals surface area contributed by atoms with Gasteiger partial charge in [-0.3, -0.25) is 14.4 Å². The lowest BCUT2D eigenvalue weighted by atomic mass is 10.1. The van der Waals surface area contributed by atoms with Crippen LogP contribution in [0.3, 0.4) is 0 Å². The molecule has 3 amide bonds. The van der Waals surface area contributed by atoms with Crippen LogP contribution in [-0.4, -0.2) is 56.0 Å². The number of carbonyl (C=O) groups excluding carboxylic acids is 3. The fourth-order valence-corrected chi connectivity index (χ4v) is 3.00. The number of aryl methyl sites for hydroxylation is 1. The van der Waals surface area contributed by atoms with Crippen molar-refractivity contribution in [1.29, 1.82) is 0 Å². The number of ether oxygens (including phenoxy) is 1. The van der Waals surface area contributed by atoms with Crippen molar-refractivity contribution in [2.45, 2.75) is 6.92 Å². The second kappa shape index (κ2) is 8.67. The molecular weight excluding hydrogens is 358 g/mol. The van der Waals surface area contributed by atoms with E-state index in [1.54, 1.807) is 54.4 Å². The van der Waals surface area contributed by atoms with E-state index in [0.717, 1.165) is 5.56 Å². The molecule has 7 heteroatoms. The van der Waals surface area contributed by atoms with E-state index in [1.807, 2.05) is 6.92 Å². The third-order valence-corrected chi connectivity index (χ3v) is 4.66. The largest absolute Gasteiger partial charge is 0.378 e. The Morgan fingerprint density at radius 2 is 1.50 bits per heavy atom. The lowest BCUT2D eigenvalue weighted by molar-refractivity contribution is 0.0303. The number of carbonyl (C=O) groups is 3. The number of nitrogens with one attached hydrogen (secondary N) is 2. The normalized spacial score (nSPS) is 13.7. The summed E-state index contributed by atoms with van der Waals surface area (Å²) in [6, 6.07) is 11.7. The molecule has 0 bridgehead atoms. The highest BCUT2D eigenvalue weighted by atomic mass is 16.5. The lowest BCUT2D eigenvalue weighted by Crippen LogP contribution is -2.40. The summed E-state index contributed by atoms with van der Waals surface area (Å²) in [6.45, 7) is 4.07. The summed E-state index contributed by atoms with van der Waals surface area (Å²) in [5, 5.41) is 5.41. The number of hydrogen-bond donors (Lipinski definition) is 2. The first-order chi connectivity index (χ1) is 13.5. The number of amides is 3. The van der Waals surface area contributed by atoms with Crippen molar-refractivity contribution in [1.82, 2.24) is 10.2 Å². The number of rotatable bonds is 4. The maximum Gasteiger partial charge on any atom is 0.255 e. The molecule has 0 spiro atoms. The number of morpholine rings is 1. The molecule has 1 aliphatic heterocycles. The van der Waals surface area contributed by atoms with Gasteiger partial charge < -0.3 is 20.3 Å². The zero-order valence-corrected chi connectivity index (χ0v) is 16.0. The number of nitrogens with zero attached hydrogens (tertiary/aromatic N) is 1. The standard InChI is InChI=1S/C21H23N3O4/c1-14-13-17(19(25)22-2)7-8-18(14)23-20(26)15-3-5-16(6-4-15)21(27)24-9-11-28-12-10-24/h3-8,13H,9-12H2,1-2H3,(H,22,25)(H,23,26). The number of hydrogen-bond acceptors (Lipinski definition) is 4. The maximum absolute atomic E-state index is 12.5. The van der Waals surface area contributed by atoms with Gasteiger partial charge in [0.2, 0.25) is 0 Å². The van der Waals surface area contributed by atoms with Gasteiger partial charge in [0.1, 0.15) is 0 Å². The molecule has 0 atom stereocenters. The van der Waals surface area contributed by atoms with E-state index in [2.05, 4.69) is 10.6 Å². The van der Waals surface area contributed by atoms with Gasteiger partial charge in [-0.25, -0.2) is 0 Å². The van der Waals surface area contributed by atoms with Crippen molar-refractivity contribution >= 4 is 23.4 Å². The zero-order valence-electron chi connectivity index (χ0n) is 16.0. The highest BCUT2D eigenvalue weighted by Crippen LogP contribution is 2.18. The van der Waals surface area contributed by atoms with Gasteiger partial charge in [-0.1, -0.05) is 0 Å². The van der Waals surface area contributed by atoms with Crippen LogP contribution in [0.2, 0.25) is 0 Å². The molecule has 1 heterocycles. The Morgan fingerprint density at radius 3 is 2.11 bits per heavy atom. The van der Waals surface area contributed by atoms with Crippen LogP contribution in [0.25, 0.3) is 0 Å². The maximum atomic E-state index is 12.5. The van der Waals surface area contributed by atoms with E-state index < -0.39 is 0 Å². The zero-order chi connectivity index (χ0) is 20.1. The quantitative estimate of drug-likeness (QED) is 0.849. The highest BCUT2D eigenvalue weighted by molar-refractivity contribution is 6.05. The summed E-state index contributed by atoms with van der Waals surface area (Å²) >= 11 is 0. The SMILES string of the molecule is CNC(=O)c1ccc(NC(=O)c2ccc(C(=O)N3CCOCC3)cc2)c(C)c1. The van der Waals surface area contributed by atoms with E-state index >= 15 is 0 Å². The molecule has 1 aliphatic rings. The number of anilines is 1. The molecule has 2 aromatic rings. The van der Waals surface area contributed by atoms with Crippen molar-refractivity contribution < 1.29 is 19.1 Å². The Kier molecular flexibility index (Phi) is 6.06. The van der Waals surface area contributed by atoms with E-state index in [0.29, 0.717) is 48.7 Å². The van der Waals surface area contributed by atoms with Crippen LogP contribution in [0.5, 0.6) is 0 Å². The lowest BCUT2D eigenvalue weighted by Gasteiger charge is -2.26. The fourth-order valence-electron chi connectivity index (χ4n) is 3.00. The van der Waals surface area contributed by atoms with Crippen LogP contribution < -0.4 is 10.6 Å². The smallest absolute Gasteiger partial charge is 0.255 e. The predicted molar refractivity (Wildman–Crippen MR) is 106 cm³/mol. The summed E-state index contributed by atoms with van der Waals surface area (Å²) in [4.78, 5) is 38.4. The first kappa shape index (κ1) is 19.6. The van der Waals surface area contributed by atoms with Crippen LogP contribution in [0.4, 0.5) is 5.69 Å². The van der Waals surface area contributed by atoms with Crippen molar-refractivity contribution in [3.8, 4) is 0 Å². The minimum Gasteiger partial charge on any atom is -0.378 e. The molecular formula is C21H23N3O4. The van der Waals surface area contributed by atoms with Gasteiger partial charge >= 0.3 is 0 Å². The van der Waals surface area contributed by atoms with Gasteiger partial charge in [0.25, 0.3) is 17.7 Å². The van der Waals surface area contributed by atoms with Crippen LogP contribution in [-0.2, 0) is 4.74 Å². The first-order valence-electron chi connectivity index (χ1n) is 9.11. The van der Waals surface area contributed by atoms with Gasteiger partial charge in [0, 0.05) is 42.5 Å². The molecule has 0 saturated carbocycles. The van der Waals surface area contributed by atoms with Gasteiger partial charge in [-0.2, -0.15) is 0 Å². The Hall–Kier alpha value is -3.19. The average molecular weight is 381 g/mol. The van der Waals surface area contributed by atoms with E-state index in [9.17, 15) is 14.4 Å². The molecule has 0 aliphatic carbocycles. The number of benzene rings is 2. The third-order valence-electron chi connectivity index (χ3n) is 4.66. The summed E-state index contributed by atoms with van der Waals surface area (Å²) in [5.41, 5.74) is 2.95. The van der Waals surface area contributed by atoms with Crippen LogP contribution in [0.1, 0.15) is 36.6 Å². The van der Waals surface area contributed by atoms with Crippen LogP contribution in [0, 0.1) is 6.92 Å². The van der Waals surface area contributed by atoms with Gasteiger partial charge in [-0.15, -0.1) is 0 Å². The van der Waals surface area contributed by atoms with Crippen molar-refractivity contribution in [2.24, 2.45) is 0 Å². The fraction of sp³-hybridized carbons (Fsp3) is 0.286. The summed E-state index contributed by atoms with van der Waals surface area (Å²) in [6.07, 6.45) is 0. The second-order valence-corrected chi connectivity index (χ2v) is 6.54. The summed E-state index contributed by atoms with van der Waals surface area (Å²) in [5.74, 6) is -0.515. The molecule has 7 nitrogen and oxygen atoms in total. The van der Waals surface area contributed by atoms with Gasteiger partial charge in [-0.05, 0) is 55.0 Å². The van der Waals surface area contributed by atoms with Crippen molar-refractivity contribution in [3.05, 3.63) is 64.7 Å². The molecule has 0 unspecified atom stereocenters. The highest BCUT2D eigenvalue weighted by Gasteiger charge is 2.19. The monoisotopic (exact) mass is 381 g/mol. The predicted octanol–water partition coefficient (Wildman–Crippen LogP) is 2.08. The summed E-state index contributed by atoms with van der Waals surface area (Å²) in [7, 11) is 1.57. The molecule has 2 N–H and O–H groups in total. The molecule has 3 rings (SSSR count). The van der Waals surface area contributed by atoms with Crippen LogP contribution in [0.15, 0.2) is 42.5 Å². The Balaban J connectivity index is 1.68. The van der Waals surface area contributed by atoms with E-state index in [4.69, 9.17) is 4.74 Å². The second-order valence-electron chi connectivity index (χ2n) is 6.54. The molecule has 146 valence electrons. The Morgan fingerprint density at radius 1 is 0.893 bits per heavy atom. The Labute approximate surface area is 163 Å². The minimum absolute atomic E-state index is 0.0594. The molecule has 1 fully saturated rings. The van der Waals surface area contributed by atoms with E-state index in [-0.39, 0.29) is 17.7 Å². The van der Waals surface area contributed by atoms with Crippen molar-refractivity contribution in [2.75, 3.05) is 38.7 Å². The molecule has 0 radical (unpaired) electrons. The molecule has 0 aromatic heterocycles. The van der Waals surface area contributed by atoms with E-state index in [1.165, 1.54) is 0 Å². The first-order valence-corrected chi connectivity index (χ1v) is 9.11. The average Bonchev–Trinajstić information content (AvgIpc) is 2.74. The van der Waals surface area contributed by atoms with Gasteiger partial charge in [0.05, 0.1) is 13.2 Å². The minimum atomic E-state index is -0.277. The topological polar surface area (TPSA) is 87.7 Å². The van der Waals surface area contributed by atoms with Crippen molar-refractivity contribution in [3.63, 3.8) is 0 Å². The summed E-state index contributed by atoms with van der Waals surface area (Å²) < 4.78 is 5.26.